The Morgan fingerprint density at radius 3 is 2.21 bits per heavy atom. The van der Waals surface area contributed by atoms with E-state index in [0.717, 1.165) is 5.56 Å². The molecule has 0 spiro atoms. The number of amides is 1. The first-order valence-electron chi connectivity index (χ1n) is 9.91. The molecule has 0 bridgehead atoms. The van der Waals surface area contributed by atoms with Gasteiger partial charge in [-0.05, 0) is 67.1 Å². The van der Waals surface area contributed by atoms with E-state index in [9.17, 15) is 22.8 Å². The molecule has 3 rings (SSSR count). The topological polar surface area (TPSA) is 119 Å². The van der Waals surface area contributed by atoms with Crippen LogP contribution in [-0.4, -0.2) is 32.7 Å². The molecule has 0 saturated carbocycles. The molecule has 170 valence electrons. The summed E-state index contributed by atoms with van der Waals surface area (Å²) in [7, 11) is -3.93. The lowest BCUT2D eigenvalue weighted by Gasteiger charge is -2.10. The molecule has 3 aromatic carbocycles. The molecule has 9 heteroatoms. The summed E-state index contributed by atoms with van der Waals surface area (Å²) < 4.78 is 32.9. The molecular formula is C24H22N2O6S. The Kier molecular flexibility index (Phi) is 7.24. The lowest BCUT2D eigenvalue weighted by atomic mass is 10.1. The zero-order valence-electron chi connectivity index (χ0n) is 18.0. The van der Waals surface area contributed by atoms with Crippen LogP contribution < -0.4 is 10.0 Å². The van der Waals surface area contributed by atoms with E-state index in [1.54, 1.807) is 30.3 Å². The maximum absolute atomic E-state index is 12.7. The second kappa shape index (κ2) is 10.1. The van der Waals surface area contributed by atoms with Gasteiger partial charge in [0.25, 0.3) is 10.0 Å². The Morgan fingerprint density at radius 2 is 1.55 bits per heavy atom. The SMILES string of the molecule is CC(=O)Nc1ccc(C(=O)COC(=O)c2cccc(S(=O)(=O)Nc3cccc(C)c3)c2)cc1. The van der Waals surface area contributed by atoms with Gasteiger partial charge in [0.2, 0.25) is 5.91 Å². The number of ether oxygens (including phenoxy) is 1. The molecule has 0 unspecified atom stereocenters. The van der Waals surface area contributed by atoms with Gasteiger partial charge >= 0.3 is 5.97 Å². The molecule has 33 heavy (non-hydrogen) atoms. The number of hydrogen-bond acceptors (Lipinski definition) is 6. The van der Waals surface area contributed by atoms with E-state index in [-0.39, 0.29) is 16.4 Å². The minimum atomic E-state index is -3.93. The summed E-state index contributed by atoms with van der Waals surface area (Å²) in [5, 5.41) is 2.59. The van der Waals surface area contributed by atoms with Crippen LogP contribution in [0.5, 0.6) is 0 Å². The van der Waals surface area contributed by atoms with Crippen LogP contribution >= 0.6 is 0 Å². The monoisotopic (exact) mass is 466 g/mol. The first kappa shape index (κ1) is 23.7. The zero-order chi connectivity index (χ0) is 24.0. The summed E-state index contributed by atoms with van der Waals surface area (Å²) in [5.41, 5.74) is 2.12. The van der Waals surface area contributed by atoms with Gasteiger partial charge in [-0.1, -0.05) is 18.2 Å². The van der Waals surface area contributed by atoms with Crippen LogP contribution in [0.1, 0.15) is 33.2 Å². The highest BCUT2D eigenvalue weighted by Crippen LogP contribution is 2.19. The van der Waals surface area contributed by atoms with Crippen molar-refractivity contribution in [2.45, 2.75) is 18.7 Å². The third-order valence-corrected chi connectivity index (χ3v) is 5.89. The van der Waals surface area contributed by atoms with Crippen LogP contribution in [0.3, 0.4) is 0 Å². The molecule has 0 heterocycles. The number of anilines is 2. The van der Waals surface area contributed by atoms with Crippen LogP contribution in [0, 0.1) is 6.92 Å². The summed E-state index contributed by atoms with van der Waals surface area (Å²) in [6.07, 6.45) is 0. The van der Waals surface area contributed by atoms with Crippen LogP contribution in [0.2, 0.25) is 0 Å². The van der Waals surface area contributed by atoms with Crippen molar-refractivity contribution in [2.24, 2.45) is 0 Å². The number of carbonyl (C=O) groups excluding carboxylic acids is 3. The van der Waals surface area contributed by atoms with E-state index in [2.05, 4.69) is 10.0 Å². The number of benzene rings is 3. The van der Waals surface area contributed by atoms with Crippen LogP contribution in [-0.2, 0) is 19.6 Å². The molecular weight excluding hydrogens is 444 g/mol. The Morgan fingerprint density at radius 1 is 0.848 bits per heavy atom. The number of Topliss-reactive ketones (excluding diaryl/α,β-unsaturated/α-hetero) is 1. The normalized spacial score (nSPS) is 10.8. The quantitative estimate of drug-likeness (QED) is 0.385. The molecule has 0 fully saturated rings. The molecule has 0 aliphatic carbocycles. The third kappa shape index (κ3) is 6.50. The zero-order valence-corrected chi connectivity index (χ0v) is 18.8. The number of ketones is 1. The summed E-state index contributed by atoms with van der Waals surface area (Å²) in [6.45, 7) is 2.70. The van der Waals surface area contributed by atoms with Gasteiger partial charge in [-0.3, -0.25) is 14.3 Å². The highest BCUT2D eigenvalue weighted by atomic mass is 32.2. The van der Waals surface area contributed by atoms with Gasteiger partial charge in [-0.15, -0.1) is 0 Å². The highest BCUT2D eigenvalue weighted by Gasteiger charge is 2.18. The number of esters is 1. The fraction of sp³-hybridized carbons (Fsp3) is 0.125. The van der Waals surface area contributed by atoms with Crippen molar-refractivity contribution in [3.63, 3.8) is 0 Å². The standard InChI is InChI=1S/C24H22N2O6S/c1-16-5-3-7-21(13-16)26-33(30,31)22-8-4-6-19(14-22)24(29)32-15-23(28)18-9-11-20(12-10-18)25-17(2)27/h3-14,26H,15H2,1-2H3,(H,25,27). The first-order valence-corrected chi connectivity index (χ1v) is 11.4. The molecule has 0 radical (unpaired) electrons. The van der Waals surface area contributed by atoms with Crippen LogP contribution in [0.25, 0.3) is 0 Å². The Labute approximate surface area is 191 Å². The van der Waals surface area contributed by atoms with Gasteiger partial charge in [-0.2, -0.15) is 0 Å². The smallest absolute Gasteiger partial charge is 0.338 e. The van der Waals surface area contributed by atoms with E-state index in [1.807, 2.05) is 13.0 Å². The second-order valence-electron chi connectivity index (χ2n) is 7.26. The van der Waals surface area contributed by atoms with E-state index >= 15 is 0 Å². The number of hydrogen-bond donors (Lipinski definition) is 2. The van der Waals surface area contributed by atoms with Crippen LogP contribution in [0.15, 0.2) is 77.7 Å². The molecule has 0 aliphatic rings. The molecule has 1 amide bonds. The van der Waals surface area contributed by atoms with Gasteiger partial charge in [0.1, 0.15) is 0 Å². The molecule has 8 nitrogen and oxygen atoms in total. The fourth-order valence-electron chi connectivity index (χ4n) is 2.95. The van der Waals surface area contributed by atoms with Crippen molar-refractivity contribution >= 4 is 39.1 Å². The van der Waals surface area contributed by atoms with E-state index < -0.39 is 28.4 Å². The molecule has 0 aliphatic heterocycles. The van der Waals surface area contributed by atoms with E-state index in [4.69, 9.17) is 4.74 Å². The summed E-state index contributed by atoms with van der Waals surface area (Å²) in [5.74, 6) is -1.50. The van der Waals surface area contributed by atoms with E-state index in [1.165, 1.54) is 43.3 Å². The summed E-state index contributed by atoms with van der Waals surface area (Å²) in [4.78, 5) is 35.6. The maximum Gasteiger partial charge on any atom is 0.338 e. The molecule has 0 atom stereocenters. The lowest BCUT2D eigenvalue weighted by Crippen LogP contribution is -2.16. The van der Waals surface area contributed by atoms with Gasteiger partial charge in [0.05, 0.1) is 10.5 Å². The average Bonchev–Trinajstić information content (AvgIpc) is 2.77. The lowest BCUT2D eigenvalue weighted by molar-refractivity contribution is -0.114. The Bertz CT molecular complexity index is 1300. The molecule has 3 aromatic rings. The summed E-state index contributed by atoms with van der Waals surface area (Å²) >= 11 is 0. The van der Waals surface area contributed by atoms with Crippen molar-refractivity contribution < 1.29 is 27.5 Å². The number of nitrogens with one attached hydrogen (secondary N) is 2. The summed E-state index contributed by atoms with van der Waals surface area (Å²) in [6, 6.07) is 18.4. The number of carbonyl (C=O) groups is 3. The molecule has 0 saturated heterocycles. The predicted octanol–water partition coefficient (Wildman–Crippen LogP) is 3.79. The molecule has 2 N–H and O–H groups in total. The van der Waals surface area contributed by atoms with Crippen molar-refractivity contribution in [3.05, 3.63) is 89.5 Å². The van der Waals surface area contributed by atoms with Crippen molar-refractivity contribution in [3.8, 4) is 0 Å². The van der Waals surface area contributed by atoms with Crippen LogP contribution in [0.4, 0.5) is 11.4 Å². The van der Waals surface area contributed by atoms with E-state index in [0.29, 0.717) is 16.9 Å². The number of sulfonamides is 1. The third-order valence-electron chi connectivity index (χ3n) is 4.51. The van der Waals surface area contributed by atoms with Gasteiger partial charge < -0.3 is 10.1 Å². The number of rotatable bonds is 8. The Balaban J connectivity index is 1.65. The maximum atomic E-state index is 12.7. The predicted molar refractivity (Wildman–Crippen MR) is 124 cm³/mol. The highest BCUT2D eigenvalue weighted by molar-refractivity contribution is 7.92. The Hall–Kier alpha value is -3.98. The van der Waals surface area contributed by atoms with Crippen molar-refractivity contribution in [2.75, 3.05) is 16.6 Å². The van der Waals surface area contributed by atoms with Gasteiger partial charge in [0, 0.05) is 23.9 Å². The largest absolute Gasteiger partial charge is 0.454 e. The number of aryl methyl sites for hydroxylation is 1. The minimum absolute atomic E-state index is 0.00377. The van der Waals surface area contributed by atoms with Crippen molar-refractivity contribution in [1.29, 1.82) is 0 Å². The fourth-order valence-corrected chi connectivity index (χ4v) is 4.05. The van der Waals surface area contributed by atoms with Gasteiger partial charge in [0.15, 0.2) is 12.4 Å². The second-order valence-corrected chi connectivity index (χ2v) is 8.94. The molecule has 0 aromatic heterocycles. The van der Waals surface area contributed by atoms with Gasteiger partial charge in [-0.25, -0.2) is 13.2 Å². The minimum Gasteiger partial charge on any atom is -0.454 e. The average molecular weight is 467 g/mol. The van der Waals surface area contributed by atoms with Crippen molar-refractivity contribution in [1.82, 2.24) is 0 Å². The first-order chi connectivity index (χ1) is 15.6.